The molecule has 1 atom stereocenters. The van der Waals surface area contributed by atoms with Crippen molar-refractivity contribution in [1.82, 2.24) is 20.2 Å². The molecule has 3 rings (SSSR count). The normalized spacial score (nSPS) is 11.8. The lowest BCUT2D eigenvalue weighted by atomic mass is 10.3. The van der Waals surface area contributed by atoms with Gasteiger partial charge in [0.05, 0.1) is 23.2 Å². The number of nitrogens with one attached hydrogen (secondary N) is 1. The number of benzene rings is 2. The van der Waals surface area contributed by atoms with Crippen molar-refractivity contribution in [3.8, 4) is 11.4 Å². The molecule has 0 spiro atoms. The zero-order chi connectivity index (χ0) is 18.4. The van der Waals surface area contributed by atoms with Crippen LogP contribution in [-0.2, 0) is 4.79 Å². The van der Waals surface area contributed by atoms with Crippen LogP contribution in [0.5, 0.6) is 5.75 Å². The van der Waals surface area contributed by atoms with Crippen LogP contribution in [0.2, 0.25) is 0 Å². The molecule has 1 heterocycles. The predicted octanol–water partition coefficient (Wildman–Crippen LogP) is 3.18. The first-order chi connectivity index (χ1) is 12.7. The summed E-state index contributed by atoms with van der Waals surface area (Å²) in [7, 11) is 0. The number of nitrogens with zero attached hydrogens (tertiary/aromatic N) is 4. The molecule has 0 radical (unpaired) electrons. The Hall–Kier alpha value is -2.87. The zero-order valence-corrected chi connectivity index (χ0v) is 15.3. The Balaban J connectivity index is 1.70. The van der Waals surface area contributed by atoms with Crippen LogP contribution in [0, 0.1) is 0 Å². The fraction of sp³-hybridized carbons (Fsp3) is 0.222. The number of rotatable bonds is 7. The minimum absolute atomic E-state index is 0.148. The Labute approximate surface area is 155 Å². The van der Waals surface area contributed by atoms with Crippen molar-refractivity contribution in [2.75, 3.05) is 11.9 Å². The lowest BCUT2D eigenvalue weighted by molar-refractivity contribution is -0.115. The van der Waals surface area contributed by atoms with Gasteiger partial charge in [0.2, 0.25) is 11.1 Å². The zero-order valence-electron chi connectivity index (χ0n) is 14.5. The van der Waals surface area contributed by atoms with Gasteiger partial charge in [0.15, 0.2) is 0 Å². The molecule has 134 valence electrons. The quantitative estimate of drug-likeness (QED) is 0.644. The Morgan fingerprint density at radius 3 is 2.69 bits per heavy atom. The van der Waals surface area contributed by atoms with Crippen molar-refractivity contribution in [2.45, 2.75) is 24.3 Å². The maximum absolute atomic E-state index is 12.6. The van der Waals surface area contributed by atoms with Gasteiger partial charge in [0.1, 0.15) is 5.75 Å². The summed E-state index contributed by atoms with van der Waals surface area (Å²) in [5, 5.41) is 14.8. The van der Waals surface area contributed by atoms with Gasteiger partial charge in [0, 0.05) is 0 Å². The highest BCUT2D eigenvalue weighted by molar-refractivity contribution is 8.00. The van der Waals surface area contributed by atoms with E-state index in [4.69, 9.17) is 4.74 Å². The van der Waals surface area contributed by atoms with E-state index >= 15 is 0 Å². The number of carbonyl (C=O) groups is 1. The van der Waals surface area contributed by atoms with E-state index in [1.165, 1.54) is 11.8 Å². The molecule has 2 aromatic carbocycles. The third-order valence-electron chi connectivity index (χ3n) is 3.54. The van der Waals surface area contributed by atoms with Crippen LogP contribution in [-0.4, -0.2) is 38.0 Å². The second-order valence-corrected chi connectivity index (χ2v) is 6.70. The van der Waals surface area contributed by atoms with E-state index in [0.717, 1.165) is 5.69 Å². The maximum atomic E-state index is 12.6. The molecule has 1 aromatic heterocycles. The van der Waals surface area contributed by atoms with Gasteiger partial charge in [0.25, 0.3) is 0 Å². The molecule has 0 bridgehead atoms. The highest BCUT2D eigenvalue weighted by Crippen LogP contribution is 2.27. The molecule has 0 saturated heterocycles. The van der Waals surface area contributed by atoms with Gasteiger partial charge in [-0.2, -0.15) is 4.68 Å². The molecule has 7 nitrogen and oxygen atoms in total. The molecule has 3 aromatic rings. The topological polar surface area (TPSA) is 81.9 Å². The first-order valence-corrected chi connectivity index (χ1v) is 9.10. The fourth-order valence-electron chi connectivity index (χ4n) is 2.28. The average molecular weight is 369 g/mol. The fourth-order valence-corrected chi connectivity index (χ4v) is 3.09. The van der Waals surface area contributed by atoms with Gasteiger partial charge < -0.3 is 10.1 Å². The largest absolute Gasteiger partial charge is 0.492 e. The Morgan fingerprint density at radius 2 is 1.92 bits per heavy atom. The minimum atomic E-state index is -0.391. The smallest absolute Gasteiger partial charge is 0.237 e. The summed E-state index contributed by atoms with van der Waals surface area (Å²) >= 11 is 1.29. The van der Waals surface area contributed by atoms with E-state index in [-0.39, 0.29) is 5.91 Å². The highest BCUT2D eigenvalue weighted by Gasteiger charge is 2.20. The van der Waals surface area contributed by atoms with Crippen LogP contribution < -0.4 is 10.1 Å². The maximum Gasteiger partial charge on any atom is 0.237 e. The second kappa shape index (κ2) is 8.48. The van der Waals surface area contributed by atoms with E-state index in [2.05, 4.69) is 20.8 Å². The van der Waals surface area contributed by atoms with Crippen LogP contribution in [0.3, 0.4) is 0 Å². The van der Waals surface area contributed by atoms with Gasteiger partial charge in [-0.05, 0) is 48.5 Å². The highest BCUT2D eigenvalue weighted by atomic mass is 32.2. The van der Waals surface area contributed by atoms with Gasteiger partial charge in [-0.1, -0.05) is 42.1 Å². The third kappa shape index (κ3) is 4.20. The van der Waals surface area contributed by atoms with Crippen LogP contribution in [0.1, 0.15) is 13.8 Å². The van der Waals surface area contributed by atoms with E-state index in [0.29, 0.717) is 23.2 Å². The summed E-state index contributed by atoms with van der Waals surface area (Å²) in [5.41, 5.74) is 1.49. The molecule has 0 saturated carbocycles. The average Bonchev–Trinajstić information content (AvgIpc) is 3.12. The number of hydrogen-bond acceptors (Lipinski definition) is 6. The van der Waals surface area contributed by atoms with E-state index in [1.54, 1.807) is 4.68 Å². The molecule has 1 amide bonds. The van der Waals surface area contributed by atoms with Crippen molar-refractivity contribution in [3.63, 3.8) is 0 Å². The number of para-hydroxylation sites is 3. The van der Waals surface area contributed by atoms with Gasteiger partial charge in [-0.25, -0.2) is 0 Å². The van der Waals surface area contributed by atoms with E-state index in [1.807, 2.05) is 68.4 Å². The van der Waals surface area contributed by atoms with E-state index < -0.39 is 5.25 Å². The first kappa shape index (κ1) is 17.9. The molecule has 1 unspecified atom stereocenters. The Bertz CT molecular complexity index is 869. The number of ether oxygens (including phenoxy) is 1. The molecular formula is C18H19N5O2S. The van der Waals surface area contributed by atoms with Crippen molar-refractivity contribution in [1.29, 1.82) is 0 Å². The lowest BCUT2D eigenvalue weighted by Crippen LogP contribution is -2.23. The van der Waals surface area contributed by atoms with Gasteiger partial charge >= 0.3 is 0 Å². The summed E-state index contributed by atoms with van der Waals surface area (Å²) in [6, 6.07) is 16.9. The number of thioether (sulfide) groups is 1. The number of carbonyl (C=O) groups excluding carboxylic acids is 1. The van der Waals surface area contributed by atoms with Crippen LogP contribution in [0.15, 0.2) is 59.8 Å². The molecule has 0 aliphatic carbocycles. The second-order valence-electron chi connectivity index (χ2n) is 5.39. The summed E-state index contributed by atoms with van der Waals surface area (Å²) in [4.78, 5) is 12.6. The Kier molecular flexibility index (Phi) is 5.85. The molecule has 26 heavy (non-hydrogen) atoms. The third-order valence-corrected chi connectivity index (χ3v) is 4.57. The van der Waals surface area contributed by atoms with Gasteiger partial charge in [-0.3, -0.25) is 4.79 Å². The number of tetrazole rings is 1. The van der Waals surface area contributed by atoms with E-state index in [9.17, 15) is 4.79 Å². The van der Waals surface area contributed by atoms with Gasteiger partial charge in [-0.15, -0.1) is 5.10 Å². The predicted molar refractivity (Wildman–Crippen MR) is 101 cm³/mol. The first-order valence-electron chi connectivity index (χ1n) is 8.22. The summed E-state index contributed by atoms with van der Waals surface area (Å²) < 4.78 is 7.16. The molecule has 0 fully saturated rings. The number of amides is 1. The van der Waals surface area contributed by atoms with Crippen molar-refractivity contribution < 1.29 is 9.53 Å². The van der Waals surface area contributed by atoms with Crippen LogP contribution >= 0.6 is 11.8 Å². The monoisotopic (exact) mass is 369 g/mol. The van der Waals surface area contributed by atoms with Crippen molar-refractivity contribution in [2.24, 2.45) is 0 Å². The number of hydrogen-bond donors (Lipinski definition) is 1. The number of aromatic nitrogens is 4. The standard InChI is InChI=1S/C18H19N5O2S/c1-3-25-16-12-8-7-11-15(16)19-17(24)13(2)26-18-20-21-22-23(18)14-9-5-4-6-10-14/h4-13H,3H2,1-2H3,(H,19,24). The lowest BCUT2D eigenvalue weighted by Gasteiger charge is -2.14. The number of anilines is 1. The Morgan fingerprint density at radius 1 is 1.19 bits per heavy atom. The summed E-state index contributed by atoms with van der Waals surface area (Å²) in [6.45, 7) is 4.25. The van der Waals surface area contributed by atoms with Crippen LogP contribution in [0.4, 0.5) is 5.69 Å². The minimum Gasteiger partial charge on any atom is -0.492 e. The molecule has 0 aliphatic rings. The molecule has 1 N–H and O–H groups in total. The van der Waals surface area contributed by atoms with Crippen molar-refractivity contribution >= 4 is 23.4 Å². The SMILES string of the molecule is CCOc1ccccc1NC(=O)C(C)Sc1nnnn1-c1ccccc1. The summed E-state index contributed by atoms with van der Waals surface area (Å²) in [5.74, 6) is 0.499. The molecule has 8 heteroatoms. The van der Waals surface area contributed by atoms with Crippen molar-refractivity contribution in [3.05, 3.63) is 54.6 Å². The van der Waals surface area contributed by atoms with Crippen LogP contribution in [0.25, 0.3) is 5.69 Å². The summed E-state index contributed by atoms with van der Waals surface area (Å²) in [6.07, 6.45) is 0. The molecular weight excluding hydrogens is 350 g/mol. The molecule has 0 aliphatic heterocycles.